The molecule has 2 rings (SSSR count). The van der Waals surface area contributed by atoms with E-state index >= 15 is 0 Å². The standard InChI is InChI=1S/C13H10N2O4S/c14-8-7-13(16)15-11-5-6-12(20(17,18)19)10-4-2-1-3-9(10)11/h1-6H,7H2,(H,15,16)(H,17,18,19). The first kappa shape index (κ1) is 14.0. The number of hydrogen-bond acceptors (Lipinski definition) is 4. The van der Waals surface area contributed by atoms with Gasteiger partial charge in [0.25, 0.3) is 10.1 Å². The summed E-state index contributed by atoms with van der Waals surface area (Å²) in [6.45, 7) is 0. The number of carbonyl (C=O) groups is 1. The number of amides is 1. The van der Waals surface area contributed by atoms with E-state index in [2.05, 4.69) is 5.32 Å². The zero-order chi connectivity index (χ0) is 14.8. The summed E-state index contributed by atoms with van der Waals surface area (Å²) in [4.78, 5) is 11.2. The van der Waals surface area contributed by atoms with Gasteiger partial charge >= 0.3 is 0 Å². The lowest BCUT2D eigenvalue weighted by molar-refractivity contribution is -0.115. The van der Waals surface area contributed by atoms with Crippen molar-refractivity contribution in [3.8, 4) is 6.07 Å². The molecular formula is C13H10N2O4S. The Kier molecular flexibility index (Phi) is 3.70. The third-order valence-corrected chi connectivity index (χ3v) is 3.59. The molecule has 0 radical (unpaired) electrons. The average molecular weight is 290 g/mol. The molecule has 2 aromatic rings. The molecule has 0 aliphatic carbocycles. The van der Waals surface area contributed by atoms with Crippen LogP contribution < -0.4 is 5.32 Å². The summed E-state index contributed by atoms with van der Waals surface area (Å²) in [6.07, 6.45) is -0.297. The molecule has 0 unspecified atom stereocenters. The molecule has 0 spiro atoms. The average Bonchev–Trinajstić information content (AvgIpc) is 2.38. The van der Waals surface area contributed by atoms with E-state index < -0.39 is 16.0 Å². The number of nitrogens with one attached hydrogen (secondary N) is 1. The highest BCUT2D eigenvalue weighted by Crippen LogP contribution is 2.29. The van der Waals surface area contributed by atoms with Crippen molar-refractivity contribution in [2.45, 2.75) is 11.3 Å². The smallest absolute Gasteiger partial charge is 0.295 e. The first-order valence-corrected chi connectivity index (χ1v) is 7.03. The molecule has 6 nitrogen and oxygen atoms in total. The Morgan fingerprint density at radius 2 is 1.85 bits per heavy atom. The lowest BCUT2D eigenvalue weighted by Crippen LogP contribution is -2.11. The largest absolute Gasteiger partial charge is 0.325 e. The van der Waals surface area contributed by atoms with Gasteiger partial charge in [0.1, 0.15) is 11.3 Å². The molecule has 0 fully saturated rings. The maximum absolute atomic E-state index is 11.4. The monoisotopic (exact) mass is 290 g/mol. The molecule has 102 valence electrons. The minimum absolute atomic E-state index is 0.230. The molecule has 0 aromatic heterocycles. The van der Waals surface area contributed by atoms with Crippen molar-refractivity contribution in [2.24, 2.45) is 0 Å². The summed E-state index contributed by atoms with van der Waals surface area (Å²) in [7, 11) is -4.35. The van der Waals surface area contributed by atoms with Gasteiger partial charge in [0.2, 0.25) is 5.91 Å². The van der Waals surface area contributed by atoms with Gasteiger partial charge in [-0.1, -0.05) is 24.3 Å². The number of nitrogens with zero attached hydrogens (tertiary/aromatic N) is 1. The van der Waals surface area contributed by atoms with Crippen LogP contribution in [-0.2, 0) is 14.9 Å². The molecule has 0 atom stereocenters. The zero-order valence-electron chi connectivity index (χ0n) is 10.2. The molecule has 0 aliphatic heterocycles. The number of nitriles is 1. The van der Waals surface area contributed by atoms with Gasteiger partial charge in [-0.15, -0.1) is 0 Å². The number of anilines is 1. The highest BCUT2D eigenvalue weighted by molar-refractivity contribution is 7.86. The second-order valence-electron chi connectivity index (χ2n) is 4.01. The minimum atomic E-state index is -4.35. The maximum atomic E-state index is 11.4. The van der Waals surface area contributed by atoms with Crippen molar-refractivity contribution in [3.05, 3.63) is 36.4 Å². The molecule has 0 saturated carbocycles. The van der Waals surface area contributed by atoms with Crippen LogP contribution in [0.25, 0.3) is 10.8 Å². The molecule has 20 heavy (non-hydrogen) atoms. The molecule has 7 heteroatoms. The molecule has 0 aliphatic rings. The van der Waals surface area contributed by atoms with Gasteiger partial charge in [0.15, 0.2) is 0 Å². The van der Waals surface area contributed by atoms with Crippen LogP contribution in [0.4, 0.5) is 5.69 Å². The number of carbonyl (C=O) groups excluding carboxylic acids is 1. The zero-order valence-corrected chi connectivity index (χ0v) is 11.0. The van der Waals surface area contributed by atoms with E-state index in [4.69, 9.17) is 5.26 Å². The van der Waals surface area contributed by atoms with Crippen molar-refractivity contribution >= 4 is 32.5 Å². The molecule has 0 saturated heterocycles. The normalized spacial score (nSPS) is 11.0. The van der Waals surface area contributed by atoms with E-state index in [1.165, 1.54) is 18.2 Å². The summed E-state index contributed by atoms with van der Waals surface area (Å²) >= 11 is 0. The predicted molar refractivity (Wildman–Crippen MR) is 72.6 cm³/mol. The van der Waals surface area contributed by atoms with Crippen molar-refractivity contribution in [3.63, 3.8) is 0 Å². The first-order valence-electron chi connectivity index (χ1n) is 5.59. The quantitative estimate of drug-likeness (QED) is 0.840. The van der Waals surface area contributed by atoms with Crippen LogP contribution in [0.5, 0.6) is 0 Å². The van der Waals surface area contributed by atoms with Crippen LogP contribution in [0.3, 0.4) is 0 Å². The Balaban J connectivity index is 2.61. The minimum Gasteiger partial charge on any atom is -0.325 e. The molecule has 2 N–H and O–H groups in total. The third kappa shape index (κ3) is 2.77. The van der Waals surface area contributed by atoms with E-state index in [9.17, 15) is 17.8 Å². The van der Waals surface area contributed by atoms with Crippen molar-refractivity contribution in [1.82, 2.24) is 0 Å². The highest BCUT2D eigenvalue weighted by atomic mass is 32.2. The Labute approximate surface area is 115 Å². The Hall–Kier alpha value is -2.43. The third-order valence-electron chi connectivity index (χ3n) is 2.68. The molecule has 0 heterocycles. The summed E-state index contributed by atoms with van der Waals surface area (Å²) in [5.41, 5.74) is 0.383. The molecule has 1 amide bonds. The fourth-order valence-electron chi connectivity index (χ4n) is 1.87. The Morgan fingerprint density at radius 1 is 1.20 bits per heavy atom. The van der Waals surface area contributed by atoms with Crippen LogP contribution in [0.15, 0.2) is 41.3 Å². The van der Waals surface area contributed by atoms with Crippen molar-refractivity contribution in [1.29, 1.82) is 5.26 Å². The number of rotatable bonds is 3. The lowest BCUT2D eigenvalue weighted by Gasteiger charge is -2.10. The van der Waals surface area contributed by atoms with Crippen molar-refractivity contribution in [2.75, 3.05) is 5.32 Å². The Morgan fingerprint density at radius 3 is 2.45 bits per heavy atom. The number of hydrogen-bond donors (Lipinski definition) is 2. The van der Waals surface area contributed by atoms with Crippen LogP contribution >= 0.6 is 0 Å². The van der Waals surface area contributed by atoms with Gasteiger partial charge < -0.3 is 5.32 Å². The van der Waals surface area contributed by atoms with Gasteiger partial charge in [0.05, 0.1) is 6.07 Å². The van der Waals surface area contributed by atoms with Crippen LogP contribution in [0.2, 0.25) is 0 Å². The SMILES string of the molecule is N#CCC(=O)Nc1ccc(S(=O)(=O)O)c2ccccc12. The summed E-state index contributed by atoms with van der Waals surface area (Å²) in [6, 6.07) is 10.7. The first-order chi connectivity index (χ1) is 9.43. The van der Waals surface area contributed by atoms with E-state index in [0.717, 1.165) is 0 Å². The van der Waals surface area contributed by atoms with Gasteiger partial charge in [0, 0.05) is 16.5 Å². The van der Waals surface area contributed by atoms with Gasteiger partial charge in [-0.05, 0) is 12.1 Å². The van der Waals surface area contributed by atoms with E-state index in [-0.39, 0.29) is 11.3 Å². The molecular weight excluding hydrogens is 280 g/mol. The summed E-state index contributed by atoms with van der Waals surface area (Å²) < 4.78 is 31.8. The van der Waals surface area contributed by atoms with Gasteiger partial charge in [-0.2, -0.15) is 13.7 Å². The maximum Gasteiger partial charge on any atom is 0.295 e. The van der Waals surface area contributed by atoms with E-state index in [0.29, 0.717) is 16.5 Å². The second-order valence-corrected chi connectivity index (χ2v) is 5.40. The van der Waals surface area contributed by atoms with Gasteiger partial charge in [-0.3, -0.25) is 9.35 Å². The highest BCUT2D eigenvalue weighted by Gasteiger charge is 2.16. The molecule has 2 aromatic carbocycles. The predicted octanol–water partition coefficient (Wildman–Crippen LogP) is 1.94. The van der Waals surface area contributed by atoms with Crippen LogP contribution in [0, 0.1) is 11.3 Å². The van der Waals surface area contributed by atoms with Crippen LogP contribution in [0.1, 0.15) is 6.42 Å². The summed E-state index contributed by atoms with van der Waals surface area (Å²) in [5, 5.41) is 11.7. The summed E-state index contributed by atoms with van der Waals surface area (Å²) in [5.74, 6) is -0.489. The fraction of sp³-hybridized carbons (Fsp3) is 0.0769. The van der Waals surface area contributed by atoms with Gasteiger partial charge in [-0.25, -0.2) is 0 Å². The van der Waals surface area contributed by atoms with E-state index in [1.807, 2.05) is 0 Å². The number of benzene rings is 2. The number of fused-ring (bicyclic) bond motifs is 1. The second kappa shape index (κ2) is 5.28. The van der Waals surface area contributed by atoms with Crippen LogP contribution in [-0.4, -0.2) is 18.9 Å². The Bertz CT molecular complexity index is 822. The van der Waals surface area contributed by atoms with Crippen molar-refractivity contribution < 1.29 is 17.8 Å². The molecule has 0 bridgehead atoms. The lowest BCUT2D eigenvalue weighted by atomic mass is 10.1. The topological polar surface area (TPSA) is 107 Å². The van der Waals surface area contributed by atoms with E-state index in [1.54, 1.807) is 24.3 Å². The fourth-order valence-corrected chi connectivity index (χ4v) is 2.57.